The van der Waals surface area contributed by atoms with Gasteiger partial charge in [0.25, 0.3) is 0 Å². The molecule has 0 aliphatic rings. The van der Waals surface area contributed by atoms with E-state index in [0.717, 1.165) is 51.4 Å². The van der Waals surface area contributed by atoms with Gasteiger partial charge in [-0.3, -0.25) is 14.1 Å². The van der Waals surface area contributed by atoms with Crippen LogP contribution in [0.15, 0.2) is 12.2 Å². The van der Waals surface area contributed by atoms with Crippen molar-refractivity contribution in [3.8, 4) is 0 Å². The van der Waals surface area contributed by atoms with Crippen LogP contribution < -0.4 is 0 Å². The molecule has 206 valence electrons. The first-order valence-corrected chi connectivity index (χ1v) is 15.0. The third-order valence-electron chi connectivity index (χ3n) is 5.53. The van der Waals surface area contributed by atoms with Crippen LogP contribution in [0.5, 0.6) is 0 Å². The summed E-state index contributed by atoms with van der Waals surface area (Å²) in [6, 6.07) is 0. The third kappa shape index (κ3) is 25.7. The normalized spacial score (nSPS) is 12.7. The Morgan fingerprint density at radius 1 is 0.714 bits per heavy atom. The van der Waals surface area contributed by atoms with Crippen LogP contribution in [-0.2, 0) is 28.2 Å². The molecule has 0 amide bonds. The summed E-state index contributed by atoms with van der Waals surface area (Å²) in [5.41, 5.74) is 0. The Hall–Kier alpha value is -1.21. The standard InChI is InChI=1S/C26H49O8P/c1-3-5-7-9-10-11-12-13-14-15-16-17-19-21-26(28)34-24(23-33-35(29,30)31)22-32-25(27)20-18-8-6-4-2/h11-12,24H,3-10,13-23H2,1-2H3,(H2,29,30,31)/b12-11-. The number of carbonyl (C=O) groups is 2. The van der Waals surface area contributed by atoms with Crippen molar-refractivity contribution < 1.29 is 37.9 Å². The van der Waals surface area contributed by atoms with Gasteiger partial charge in [-0.2, -0.15) is 0 Å². The first-order valence-electron chi connectivity index (χ1n) is 13.5. The number of hydrogen-bond donors (Lipinski definition) is 2. The molecule has 9 heteroatoms. The number of ether oxygens (including phenoxy) is 2. The van der Waals surface area contributed by atoms with E-state index in [-0.39, 0.29) is 19.4 Å². The zero-order valence-corrected chi connectivity index (χ0v) is 22.9. The van der Waals surface area contributed by atoms with E-state index in [2.05, 4.69) is 30.5 Å². The van der Waals surface area contributed by atoms with E-state index in [9.17, 15) is 14.2 Å². The molecule has 8 nitrogen and oxygen atoms in total. The Labute approximate surface area is 212 Å². The molecule has 0 heterocycles. The molecule has 0 aliphatic heterocycles. The Kier molecular flexibility index (Phi) is 22.4. The van der Waals surface area contributed by atoms with Gasteiger partial charge in [0.05, 0.1) is 6.61 Å². The molecule has 0 aromatic heterocycles. The van der Waals surface area contributed by atoms with Gasteiger partial charge in [-0.25, -0.2) is 4.57 Å². The summed E-state index contributed by atoms with van der Waals surface area (Å²) in [7, 11) is -4.72. The lowest BCUT2D eigenvalue weighted by Gasteiger charge is -2.18. The van der Waals surface area contributed by atoms with Crippen molar-refractivity contribution in [2.24, 2.45) is 0 Å². The van der Waals surface area contributed by atoms with E-state index in [0.29, 0.717) is 12.8 Å². The van der Waals surface area contributed by atoms with Crippen LogP contribution >= 0.6 is 7.82 Å². The van der Waals surface area contributed by atoms with Gasteiger partial charge in [0.15, 0.2) is 6.10 Å². The number of carbonyl (C=O) groups excluding carboxylic acids is 2. The maximum absolute atomic E-state index is 12.1. The van der Waals surface area contributed by atoms with E-state index in [1.165, 1.54) is 32.1 Å². The Morgan fingerprint density at radius 2 is 1.20 bits per heavy atom. The topological polar surface area (TPSA) is 119 Å². The van der Waals surface area contributed by atoms with Gasteiger partial charge in [0.1, 0.15) is 6.61 Å². The molecule has 35 heavy (non-hydrogen) atoms. The Morgan fingerprint density at radius 3 is 1.77 bits per heavy atom. The third-order valence-corrected chi connectivity index (χ3v) is 6.02. The lowest BCUT2D eigenvalue weighted by molar-refractivity contribution is -0.161. The predicted octanol–water partition coefficient (Wildman–Crippen LogP) is 6.78. The highest BCUT2D eigenvalue weighted by atomic mass is 31.2. The SMILES string of the molecule is CCCCCC/C=C\CCCCCCCC(=O)OC(COC(=O)CCCCCC)COP(=O)(O)O. The van der Waals surface area contributed by atoms with E-state index in [1.54, 1.807) is 0 Å². The van der Waals surface area contributed by atoms with E-state index >= 15 is 0 Å². The summed E-state index contributed by atoms with van der Waals surface area (Å²) < 4.78 is 25.8. The molecule has 0 radical (unpaired) electrons. The number of phosphoric acid groups is 1. The van der Waals surface area contributed by atoms with Crippen LogP contribution in [0, 0.1) is 0 Å². The predicted molar refractivity (Wildman–Crippen MR) is 138 cm³/mol. The minimum Gasteiger partial charge on any atom is -0.462 e. The highest BCUT2D eigenvalue weighted by Gasteiger charge is 2.22. The van der Waals surface area contributed by atoms with Crippen molar-refractivity contribution in [1.82, 2.24) is 0 Å². The van der Waals surface area contributed by atoms with Gasteiger partial charge in [-0.05, 0) is 38.5 Å². The number of esters is 2. The van der Waals surface area contributed by atoms with Gasteiger partial charge in [0.2, 0.25) is 0 Å². The fourth-order valence-corrected chi connectivity index (χ4v) is 3.84. The van der Waals surface area contributed by atoms with E-state index < -0.39 is 32.5 Å². The van der Waals surface area contributed by atoms with Crippen LogP contribution in [0.3, 0.4) is 0 Å². The van der Waals surface area contributed by atoms with E-state index in [4.69, 9.17) is 19.3 Å². The molecule has 1 unspecified atom stereocenters. The minimum absolute atomic E-state index is 0.203. The quantitative estimate of drug-likeness (QED) is 0.0619. The van der Waals surface area contributed by atoms with Crippen molar-refractivity contribution in [2.75, 3.05) is 13.2 Å². The summed E-state index contributed by atoms with van der Waals surface area (Å²) in [5.74, 6) is -0.918. The van der Waals surface area contributed by atoms with Gasteiger partial charge in [-0.1, -0.05) is 83.8 Å². The number of hydrogen-bond acceptors (Lipinski definition) is 6. The average Bonchev–Trinajstić information content (AvgIpc) is 2.81. The first kappa shape index (κ1) is 33.8. The molecule has 0 rings (SSSR count). The molecule has 0 fully saturated rings. The molecule has 0 aliphatic carbocycles. The largest absolute Gasteiger partial charge is 0.469 e. The zero-order valence-electron chi connectivity index (χ0n) is 22.0. The smallest absolute Gasteiger partial charge is 0.462 e. The average molecular weight is 521 g/mol. The van der Waals surface area contributed by atoms with Crippen molar-refractivity contribution in [1.29, 1.82) is 0 Å². The lowest BCUT2D eigenvalue weighted by Crippen LogP contribution is -2.29. The fourth-order valence-electron chi connectivity index (χ4n) is 3.48. The molecule has 0 spiro atoms. The zero-order chi connectivity index (χ0) is 26.2. The van der Waals surface area contributed by atoms with Crippen LogP contribution in [0.4, 0.5) is 0 Å². The number of unbranched alkanes of at least 4 members (excludes halogenated alkanes) is 12. The van der Waals surface area contributed by atoms with Gasteiger partial charge in [-0.15, -0.1) is 0 Å². The molecular weight excluding hydrogens is 471 g/mol. The first-order chi connectivity index (χ1) is 16.8. The summed E-state index contributed by atoms with van der Waals surface area (Å²) in [4.78, 5) is 41.8. The van der Waals surface area contributed by atoms with Gasteiger partial charge < -0.3 is 19.3 Å². The van der Waals surface area contributed by atoms with Crippen LogP contribution in [-0.4, -0.2) is 41.0 Å². The van der Waals surface area contributed by atoms with Gasteiger partial charge in [0, 0.05) is 12.8 Å². The maximum Gasteiger partial charge on any atom is 0.469 e. The monoisotopic (exact) mass is 520 g/mol. The molecule has 0 bridgehead atoms. The molecule has 0 saturated carbocycles. The van der Waals surface area contributed by atoms with Crippen molar-refractivity contribution in [2.45, 2.75) is 129 Å². The van der Waals surface area contributed by atoms with Crippen LogP contribution in [0.2, 0.25) is 0 Å². The fraction of sp³-hybridized carbons (Fsp3) is 0.846. The summed E-state index contributed by atoms with van der Waals surface area (Å²) >= 11 is 0. The molecule has 0 saturated heterocycles. The molecular formula is C26H49O8P. The van der Waals surface area contributed by atoms with Gasteiger partial charge >= 0.3 is 19.8 Å². The van der Waals surface area contributed by atoms with Crippen molar-refractivity contribution in [3.63, 3.8) is 0 Å². The highest BCUT2D eigenvalue weighted by molar-refractivity contribution is 7.46. The highest BCUT2D eigenvalue weighted by Crippen LogP contribution is 2.35. The molecule has 1 atom stereocenters. The summed E-state index contributed by atoms with van der Waals surface area (Å²) in [6.45, 7) is 3.47. The molecule has 0 aromatic carbocycles. The van der Waals surface area contributed by atoms with Crippen LogP contribution in [0.25, 0.3) is 0 Å². The second-order valence-electron chi connectivity index (χ2n) is 9.02. The molecule has 0 aromatic rings. The Balaban J connectivity index is 4.04. The summed E-state index contributed by atoms with van der Waals surface area (Å²) in [6.07, 6.45) is 20.0. The maximum atomic E-state index is 12.1. The van der Waals surface area contributed by atoms with E-state index in [1.807, 2.05) is 0 Å². The minimum atomic E-state index is -4.72. The molecule has 2 N–H and O–H groups in total. The lowest BCUT2D eigenvalue weighted by atomic mass is 10.1. The number of allylic oxidation sites excluding steroid dienone is 2. The Bertz CT molecular complexity index is 602. The number of rotatable bonds is 24. The summed E-state index contributed by atoms with van der Waals surface area (Å²) in [5, 5.41) is 0. The van der Waals surface area contributed by atoms with Crippen molar-refractivity contribution >= 4 is 19.8 Å². The second-order valence-corrected chi connectivity index (χ2v) is 10.3. The number of phosphoric ester groups is 1. The second kappa shape index (κ2) is 23.2. The van der Waals surface area contributed by atoms with Crippen LogP contribution in [0.1, 0.15) is 123 Å². The van der Waals surface area contributed by atoms with Crippen molar-refractivity contribution in [3.05, 3.63) is 12.2 Å².